The van der Waals surface area contributed by atoms with Crippen LogP contribution in [-0.4, -0.2) is 34.9 Å². The molecule has 1 saturated heterocycles. The lowest BCUT2D eigenvalue weighted by Gasteiger charge is -2.27. The maximum Gasteiger partial charge on any atom is 0.254 e. The average molecular weight is 273 g/mol. The lowest BCUT2D eigenvalue weighted by molar-refractivity contribution is 0.0703. The number of fused-ring (bicyclic) bond motifs is 2. The number of aromatic nitrogens is 1. The van der Waals surface area contributed by atoms with Crippen molar-refractivity contribution in [2.75, 3.05) is 18.4 Å². The molecular formula is C16H23N3O. The van der Waals surface area contributed by atoms with E-state index in [2.05, 4.69) is 22.1 Å². The van der Waals surface area contributed by atoms with E-state index in [9.17, 15) is 4.79 Å². The van der Waals surface area contributed by atoms with Gasteiger partial charge in [0.25, 0.3) is 5.91 Å². The van der Waals surface area contributed by atoms with Gasteiger partial charge in [-0.1, -0.05) is 6.92 Å². The fourth-order valence-corrected chi connectivity index (χ4v) is 3.50. The number of rotatable bonds is 4. The zero-order valence-corrected chi connectivity index (χ0v) is 12.4. The second-order valence-electron chi connectivity index (χ2n) is 5.91. The fourth-order valence-electron chi connectivity index (χ4n) is 3.50. The van der Waals surface area contributed by atoms with Gasteiger partial charge in [-0.25, -0.2) is 4.98 Å². The summed E-state index contributed by atoms with van der Waals surface area (Å²) in [6.07, 6.45) is 4.54. The largest absolute Gasteiger partial charge is 0.370 e. The highest BCUT2D eigenvalue weighted by molar-refractivity contribution is 5.95. The first-order valence-electron chi connectivity index (χ1n) is 7.77. The molecule has 2 bridgehead atoms. The van der Waals surface area contributed by atoms with Crippen molar-refractivity contribution in [3.63, 3.8) is 0 Å². The van der Waals surface area contributed by atoms with E-state index in [1.54, 1.807) is 0 Å². The number of likely N-dealkylation sites (tertiary alicyclic amines) is 1. The number of pyridine rings is 1. The Morgan fingerprint density at radius 3 is 2.85 bits per heavy atom. The number of nitrogens with one attached hydrogen (secondary N) is 1. The standard InChI is InChI=1S/C16H23N3O/c1-3-13-8-12(9-15(18-13)17-4-2)16(20)19-10-11-5-6-14(19)7-11/h8-9,11,14H,3-7,10H2,1-2H3,(H,17,18). The fraction of sp³-hybridized carbons (Fsp3) is 0.625. The van der Waals surface area contributed by atoms with Gasteiger partial charge in [0.05, 0.1) is 0 Å². The van der Waals surface area contributed by atoms with Crippen molar-refractivity contribution in [1.82, 2.24) is 9.88 Å². The number of carbonyl (C=O) groups is 1. The van der Waals surface area contributed by atoms with Crippen LogP contribution in [0.3, 0.4) is 0 Å². The van der Waals surface area contributed by atoms with Crippen molar-refractivity contribution < 1.29 is 4.79 Å². The molecule has 1 saturated carbocycles. The number of amides is 1. The lowest BCUT2D eigenvalue weighted by atomic mass is 10.1. The summed E-state index contributed by atoms with van der Waals surface area (Å²) in [5.41, 5.74) is 1.77. The maximum absolute atomic E-state index is 12.7. The minimum absolute atomic E-state index is 0.188. The Morgan fingerprint density at radius 1 is 1.40 bits per heavy atom. The molecule has 0 radical (unpaired) electrons. The quantitative estimate of drug-likeness (QED) is 0.917. The number of nitrogens with zero attached hydrogens (tertiary/aromatic N) is 2. The zero-order valence-electron chi connectivity index (χ0n) is 12.4. The van der Waals surface area contributed by atoms with Crippen molar-refractivity contribution >= 4 is 11.7 Å². The van der Waals surface area contributed by atoms with Crippen molar-refractivity contribution in [2.45, 2.75) is 45.6 Å². The van der Waals surface area contributed by atoms with Gasteiger partial charge in [0, 0.05) is 30.4 Å². The van der Waals surface area contributed by atoms with Gasteiger partial charge in [0.15, 0.2) is 0 Å². The molecule has 3 rings (SSSR count). The number of aryl methyl sites for hydroxylation is 1. The minimum Gasteiger partial charge on any atom is -0.370 e. The number of hydrogen-bond donors (Lipinski definition) is 1. The highest BCUT2D eigenvalue weighted by Gasteiger charge is 2.40. The van der Waals surface area contributed by atoms with Crippen molar-refractivity contribution in [3.8, 4) is 0 Å². The van der Waals surface area contributed by atoms with Crippen LogP contribution in [0.5, 0.6) is 0 Å². The van der Waals surface area contributed by atoms with Crippen LogP contribution in [0.2, 0.25) is 0 Å². The van der Waals surface area contributed by atoms with Gasteiger partial charge in [-0.05, 0) is 50.7 Å². The maximum atomic E-state index is 12.7. The number of carbonyl (C=O) groups excluding carboxylic acids is 1. The Balaban J connectivity index is 1.85. The third-order valence-electron chi connectivity index (χ3n) is 4.52. The summed E-state index contributed by atoms with van der Waals surface area (Å²) in [6.45, 7) is 5.89. The second-order valence-corrected chi connectivity index (χ2v) is 5.91. The summed E-state index contributed by atoms with van der Waals surface area (Å²) in [5, 5.41) is 3.22. The van der Waals surface area contributed by atoms with Crippen LogP contribution in [0.25, 0.3) is 0 Å². The van der Waals surface area contributed by atoms with Gasteiger partial charge in [-0.3, -0.25) is 4.79 Å². The van der Waals surface area contributed by atoms with E-state index < -0.39 is 0 Å². The lowest BCUT2D eigenvalue weighted by Crippen LogP contribution is -2.37. The van der Waals surface area contributed by atoms with Gasteiger partial charge in [-0.15, -0.1) is 0 Å². The summed E-state index contributed by atoms with van der Waals surface area (Å²) in [7, 11) is 0. The van der Waals surface area contributed by atoms with E-state index >= 15 is 0 Å². The predicted octanol–water partition coefficient (Wildman–Crippen LogP) is 2.70. The summed E-state index contributed by atoms with van der Waals surface area (Å²) in [4.78, 5) is 19.3. The third-order valence-corrected chi connectivity index (χ3v) is 4.52. The highest BCUT2D eigenvalue weighted by atomic mass is 16.2. The average Bonchev–Trinajstić information content (AvgIpc) is 3.09. The van der Waals surface area contributed by atoms with Gasteiger partial charge in [-0.2, -0.15) is 0 Å². The number of hydrogen-bond acceptors (Lipinski definition) is 3. The molecule has 1 N–H and O–H groups in total. The van der Waals surface area contributed by atoms with Gasteiger partial charge in [0.1, 0.15) is 5.82 Å². The van der Waals surface area contributed by atoms with Crippen molar-refractivity contribution in [3.05, 3.63) is 23.4 Å². The Kier molecular flexibility index (Phi) is 3.64. The van der Waals surface area contributed by atoms with Crippen LogP contribution in [0.15, 0.2) is 12.1 Å². The molecule has 0 aromatic carbocycles. The summed E-state index contributed by atoms with van der Waals surface area (Å²) >= 11 is 0. The van der Waals surface area contributed by atoms with E-state index in [4.69, 9.17) is 0 Å². The second kappa shape index (κ2) is 5.43. The molecule has 2 unspecified atom stereocenters. The molecule has 2 atom stereocenters. The highest BCUT2D eigenvalue weighted by Crippen LogP contribution is 2.38. The molecule has 1 amide bonds. The van der Waals surface area contributed by atoms with Gasteiger partial charge in [0.2, 0.25) is 0 Å². The molecule has 2 aliphatic rings. The van der Waals surface area contributed by atoms with Crippen LogP contribution < -0.4 is 5.32 Å². The summed E-state index contributed by atoms with van der Waals surface area (Å²) < 4.78 is 0. The molecule has 4 nitrogen and oxygen atoms in total. The first kappa shape index (κ1) is 13.4. The van der Waals surface area contributed by atoms with Crippen LogP contribution in [0.4, 0.5) is 5.82 Å². The van der Waals surface area contributed by atoms with E-state index in [1.807, 2.05) is 19.1 Å². The van der Waals surface area contributed by atoms with Crippen LogP contribution in [-0.2, 0) is 6.42 Å². The smallest absolute Gasteiger partial charge is 0.254 e. The molecule has 1 aliphatic carbocycles. The Hall–Kier alpha value is -1.58. The van der Waals surface area contributed by atoms with E-state index in [0.29, 0.717) is 6.04 Å². The molecule has 2 heterocycles. The Morgan fingerprint density at radius 2 is 2.25 bits per heavy atom. The Labute approximate surface area is 120 Å². The molecule has 4 heteroatoms. The Bertz CT molecular complexity index is 514. The predicted molar refractivity (Wildman–Crippen MR) is 79.9 cm³/mol. The molecule has 0 spiro atoms. The number of piperidine rings is 1. The molecule has 1 aromatic heterocycles. The molecule has 108 valence electrons. The molecule has 20 heavy (non-hydrogen) atoms. The first-order valence-corrected chi connectivity index (χ1v) is 7.77. The van der Waals surface area contributed by atoms with Crippen LogP contribution >= 0.6 is 0 Å². The van der Waals surface area contributed by atoms with E-state index in [1.165, 1.54) is 19.3 Å². The third kappa shape index (κ3) is 2.39. The van der Waals surface area contributed by atoms with Crippen molar-refractivity contribution in [2.24, 2.45) is 5.92 Å². The van der Waals surface area contributed by atoms with Crippen LogP contribution in [0.1, 0.15) is 49.2 Å². The van der Waals surface area contributed by atoms with Crippen molar-refractivity contribution in [1.29, 1.82) is 0 Å². The zero-order chi connectivity index (χ0) is 14.1. The monoisotopic (exact) mass is 273 g/mol. The van der Waals surface area contributed by atoms with Gasteiger partial charge >= 0.3 is 0 Å². The van der Waals surface area contributed by atoms with Gasteiger partial charge < -0.3 is 10.2 Å². The molecular weight excluding hydrogens is 250 g/mol. The first-order chi connectivity index (χ1) is 9.71. The topological polar surface area (TPSA) is 45.2 Å². The summed E-state index contributed by atoms with van der Waals surface area (Å²) in [5.74, 6) is 1.75. The van der Waals surface area contributed by atoms with E-state index in [0.717, 1.165) is 42.5 Å². The molecule has 1 aliphatic heterocycles. The van der Waals surface area contributed by atoms with Crippen LogP contribution in [0, 0.1) is 5.92 Å². The molecule has 2 fully saturated rings. The normalized spacial score (nSPS) is 24.2. The van der Waals surface area contributed by atoms with E-state index in [-0.39, 0.29) is 5.91 Å². The minimum atomic E-state index is 0.188. The molecule has 1 aromatic rings. The number of anilines is 1. The SMILES string of the molecule is CCNc1cc(C(=O)N2CC3CCC2C3)cc(CC)n1. The summed E-state index contributed by atoms with van der Waals surface area (Å²) in [6, 6.07) is 4.33.